The van der Waals surface area contributed by atoms with E-state index in [1.54, 1.807) is 0 Å². The fourth-order valence-electron chi connectivity index (χ4n) is 0.156. The van der Waals surface area contributed by atoms with Crippen LogP contribution in [0.4, 0.5) is 0 Å². The molecule has 0 atom stereocenters. The quantitative estimate of drug-likeness (QED) is 0.332. The third-order valence-corrected chi connectivity index (χ3v) is 0.918. The number of hydrogen-bond donors (Lipinski definition) is 2. The summed E-state index contributed by atoms with van der Waals surface area (Å²) >= 11 is 0. The summed E-state index contributed by atoms with van der Waals surface area (Å²) in [5, 5.41) is 7.71. The Morgan fingerprint density at radius 2 is 1.70 bits per heavy atom. The molecule has 0 unspecified atom stereocenters. The van der Waals surface area contributed by atoms with Crippen molar-refractivity contribution in [2.24, 2.45) is 0 Å². The smallest absolute Gasteiger partial charge is 1.00 e. The molecular formula is C2H6Na2O5S. The standard InChI is InChI=1S/C2H4O5S.2Na.2H/c3-2(4)1-8(5,6)7;;;;/h1H2,(H,3,4)(H,5,6,7);;;;/q;2*+1;2*-1. The van der Waals surface area contributed by atoms with Crippen molar-refractivity contribution < 1.29 is 84.8 Å². The fourth-order valence-corrected chi connectivity index (χ4v) is 0.468. The van der Waals surface area contributed by atoms with E-state index in [9.17, 15) is 13.2 Å². The summed E-state index contributed by atoms with van der Waals surface area (Å²) in [6, 6.07) is 0. The van der Waals surface area contributed by atoms with E-state index >= 15 is 0 Å². The third kappa shape index (κ3) is 16.2. The summed E-state index contributed by atoms with van der Waals surface area (Å²) in [4.78, 5) is 9.48. The maximum atomic E-state index is 9.62. The SMILES string of the molecule is O=C(O)CS(=O)(=O)O.[H-].[H-].[Na+].[Na+]. The topological polar surface area (TPSA) is 91.7 Å². The Kier molecular flexibility index (Phi) is 12.3. The van der Waals surface area contributed by atoms with Crippen LogP contribution in [0.1, 0.15) is 2.85 Å². The summed E-state index contributed by atoms with van der Waals surface area (Å²) in [7, 11) is -4.32. The molecule has 0 aromatic carbocycles. The van der Waals surface area contributed by atoms with Crippen LogP contribution >= 0.6 is 0 Å². The van der Waals surface area contributed by atoms with Crippen molar-refractivity contribution in [3.8, 4) is 0 Å². The molecule has 0 aromatic rings. The van der Waals surface area contributed by atoms with Gasteiger partial charge < -0.3 is 7.96 Å². The van der Waals surface area contributed by atoms with Gasteiger partial charge in [-0.05, 0) is 0 Å². The predicted molar refractivity (Wildman–Crippen MR) is 26.3 cm³/mol. The molecular weight excluding hydrogens is 182 g/mol. The van der Waals surface area contributed by atoms with Crippen LogP contribution in [0.5, 0.6) is 0 Å². The number of carboxylic acids is 1. The Morgan fingerprint density at radius 1 is 1.40 bits per heavy atom. The summed E-state index contributed by atoms with van der Waals surface area (Å²) in [6.07, 6.45) is 0. The molecule has 0 radical (unpaired) electrons. The molecule has 0 bridgehead atoms. The first-order chi connectivity index (χ1) is 3.42. The Hall–Kier alpha value is 1.38. The van der Waals surface area contributed by atoms with Gasteiger partial charge in [-0.3, -0.25) is 9.35 Å². The van der Waals surface area contributed by atoms with E-state index in [-0.39, 0.29) is 62.0 Å². The third-order valence-electron chi connectivity index (χ3n) is 0.306. The van der Waals surface area contributed by atoms with Crippen LogP contribution in [0.15, 0.2) is 0 Å². The van der Waals surface area contributed by atoms with Gasteiger partial charge in [0.2, 0.25) is 0 Å². The van der Waals surface area contributed by atoms with Crippen LogP contribution in [0.3, 0.4) is 0 Å². The first-order valence-corrected chi connectivity index (χ1v) is 3.20. The molecule has 0 amide bonds. The van der Waals surface area contributed by atoms with Crippen LogP contribution in [-0.4, -0.2) is 29.8 Å². The van der Waals surface area contributed by atoms with Gasteiger partial charge in [-0.15, -0.1) is 0 Å². The molecule has 8 heteroatoms. The number of aliphatic carboxylic acids is 1. The van der Waals surface area contributed by atoms with E-state index in [0.29, 0.717) is 0 Å². The molecule has 5 nitrogen and oxygen atoms in total. The molecule has 10 heavy (non-hydrogen) atoms. The molecule has 0 spiro atoms. The summed E-state index contributed by atoms with van der Waals surface area (Å²) in [6.45, 7) is 0. The second-order valence-electron chi connectivity index (χ2n) is 1.12. The molecule has 0 rings (SSSR count). The van der Waals surface area contributed by atoms with Crippen molar-refractivity contribution in [3.63, 3.8) is 0 Å². The van der Waals surface area contributed by atoms with Crippen LogP contribution in [-0.2, 0) is 14.9 Å². The van der Waals surface area contributed by atoms with Crippen molar-refractivity contribution in [3.05, 3.63) is 0 Å². The van der Waals surface area contributed by atoms with Gasteiger partial charge in [-0.2, -0.15) is 8.42 Å². The van der Waals surface area contributed by atoms with Gasteiger partial charge >= 0.3 is 65.1 Å². The summed E-state index contributed by atoms with van der Waals surface area (Å²) in [5.41, 5.74) is 0. The van der Waals surface area contributed by atoms with Crippen LogP contribution in [0, 0.1) is 0 Å². The Labute approximate surface area is 105 Å². The van der Waals surface area contributed by atoms with E-state index in [1.807, 2.05) is 0 Å². The van der Waals surface area contributed by atoms with E-state index < -0.39 is 21.8 Å². The van der Waals surface area contributed by atoms with Gasteiger partial charge in [0, 0.05) is 0 Å². The molecule has 0 aliphatic heterocycles. The second kappa shape index (κ2) is 7.05. The maximum Gasteiger partial charge on any atom is 1.00 e. The molecule has 0 fully saturated rings. The van der Waals surface area contributed by atoms with Crippen LogP contribution in [0.2, 0.25) is 0 Å². The van der Waals surface area contributed by atoms with Crippen LogP contribution < -0.4 is 59.1 Å². The molecule has 0 saturated heterocycles. The maximum absolute atomic E-state index is 9.62. The van der Waals surface area contributed by atoms with Gasteiger partial charge in [0.15, 0.2) is 5.75 Å². The van der Waals surface area contributed by atoms with Crippen molar-refractivity contribution in [1.29, 1.82) is 0 Å². The molecule has 0 aliphatic rings. The second-order valence-corrected chi connectivity index (χ2v) is 2.57. The van der Waals surface area contributed by atoms with Crippen molar-refractivity contribution in [2.45, 2.75) is 0 Å². The average molecular weight is 188 g/mol. The minimum Gasteiger partial charge on any atom is -1.00 e. The zero-order valence-corrected chi connectivity index (χ0v) is 10.6. The Morgan fingerprint density at radius 3 is 1.70 bits per heavy atom. The first kappa shape index (κ1) is 17.5. The number of carbonyl (C=O) groups is 1. The van der Waals surface area contributed by atoms with Gasteiger partial charge in [0.1, 0.15) is 0 Å². The summed E-state index contributed by atoms with van der Waals surface area (Å²) < 4.78 is 27.0. The largest absolute Gasteiger partial charge is 1.00 e. The fraction of sp³-hybridized carbons (Fsp3) is 0.500. The predicted octanol–water partition coefficient (Wildman–Crippen LogP) is -6.81. The van der Waals surface area contributed by atoms with Gasteiger partial charge in [0.25, 0.3) is 10.1 Å². The van der Waals surface area contributed by atoms with E-state index in [1.165, 1.54) is 0 Å². The monoisotopic (exact) mass is 188 g/mol. The van der Waals surface area contributed by atoms with Gasteiger partial charge in [-0.25, -0.2) is 0 Å². The molecule has 0 aliphatic carbocycles. The van der Waals surface area contributed by atoms with E-state index in [2.05, 4.69) is 0 Å². The van der Waals surface area contributed by atoms with Gasteiger partial charge in [0.05, 0.1) is 0 Å². The minimum absolute atomic E-state index is 0. The van der Waals surface area contributed by atoms with E-state index in [4.69, 9.17) is 9.66 Å². The average Bonchev–Trinajstić information content (AvgIpc) is 1.21. The van der Waals surface area contributed by atoms with Gasteiger partial charge in [-0.1, -0.05) is 0 Å². The molecule has 0 aromatic heterocycles. The summed E-state index contributed by atoms with van der Waals surface area (Å²) in [5.74, 6) is -2.79. The Balaban J connectivity index is -0.0000000408. The van der Waals surface area contributed by atoms with E-state index in [0.717, 1.165) is 0 Å². The number of rotatable bonds is 2. The number of carboxylic acid groups (broad SMARTS) is 1. The van der Waals surface area contributed by atoms with Crippen molar-refractivity contribution >= 4 is 16.1 Å². The first-order valence-electron chi connectivity index (χ1n) is 1.59. The minimum atomic E-state index is -4.32. The van der Waals surface area contributed by atoms with Crippen molar-refractivity contribution in [2.75, 3.05) is 5.75 Å². The zero-order valence-electron chi connectivity index (χ0n) is 7.73. The molecule has 52 valence electrons. The van der Waals surface area contributed by atoms with Crippen molar-refractivity contribution in [1.82, 2.24) is 0 Å². The Bertz CT molecular complexity index is 192. The molecule has 0 saturated carbocycles. The molecule has 2 N–H and O–H groups in total. The number of hydrogen-bond acceptors (Lipinski definition) is 3. The normalized spacial score (nSPS) is 8.90. The molecule has 0 heterocycles. The van der Waals surface area contributed by atoms with Crippen LogP contribution in [0.25, 0.3) is 0 Å². The zero-order chi connectivity index (χ0) is 6.78.